The van der Waals surface area contributed by atoms with Gasteiger partial charge in [0.1, 0.15) is 0 Å². The minimum absolute atomic E-state index is 0.159. The molecule has 0 aliphatic carbocycles. The van der Waals surface area contributed by atoms with E-state index < -0.39 is 0 Å². The van der Waals surface area contributed by atoms with Crippen molar-refractivity contribution in [3.05, 3.63) is 69.7 Å². The van der Waals surface area contributed by atoms with Gasteiger partial charge in [0.05, 0.1) is 0 Å². The van der Waals surface area contributed by atoms with Crippen LogP contribution in [0.1, 0.15) is 21.5 Å². The van der Waals surface area contributed by atoms with Crippen molar-refractivity contribution in [1.29, 1.82) is 0 Å². The number of Topliss-reactive ketones (excluding diaryl/α,β-unsaturated/α-hetero) is 1. The van der Waals surface area contributed by atoms with E-state index in [-0.39, 0.29) is 5.78 Å². The van der Waals surface area contributed by atoms with Crippen LogP contribution in [-0.2, 0) is 6.42 Å². The number of hydrogen-bond donors (Lipinski definition) is 0. The highest BCUT2D eigenvalue weighted by Gasteiger charge is 2.08. The molecule has 0 N–H and O–H groups in total. The van der Waals surface area contributed by atoms with Crippen molar-refractivity contribution in [1.82, 2.24) is 0 Å². The molecule has 0 fully saturated rings. The molecular formula is C15H13BrO. The summed E-state index contributed by atoms with van der Waals surface area (Å²) < 4.78 is 0.991. The first-order valence-corrected chi connectivity index (χ1v) is 6.29. The number of ketones is 1. The van der Waals surface area contributed by atoms with Gasteiger partial charge in [-0.3, -0.25) is 4.79 Å². The molecule has 0 radical (unpaired) electrons. The first-order valence-electron chi connectivity index (χ1n) is 5.50. The maximum Gasteiger partial charge on any atom is 0.167 e. The van der Waals surface area contributed by atoms with Crippen molar-refractivity contribution < 1.29 is 4.79 Å². The fourth-order valence-corrected chi connectivity index (χ4v) is 1.98. The number of rotatable bonds is 3. The predicted molar refractivity (Wildman–Crippen MR) is 73.4 cm³/mol. The fourth-order valence-electron chi connectivity index (χ4n) is 1.72. The Kier molecular flexibility index (Phi) is 3.75. The molecule has 0 bridgehead atoms. The molecule has 86 valence electrons. The highest BCUT2D eigenvalue weighted by atomic mass is 79.9. The van der Waals surface area contributed by atoms with Crippen LogP contribution in [-0.4, -0.2) is 5.78 Å². The predicted octanol–water partition coefficient (Wildman–Crippen LogP) is 4.18. The standard InChI is InChI=1S/C15H13BrO/c1-11-4-2-3-5-13(11)10-15(17)12-6-8-14(16)9-7-12/h2-9H,10H2,1H3. The van der Waals surface area contributed by atoms with Gasteiger partial charge in [-0.15, -0.1) is 0 Å². The van der Waals surface area contributed by atoms with E-state index in [9.17, 15) is 4.79 Å². The second kappa shape index (κ2) is 5.28. The van der Waals surface area contributed by atoms with Gasteiger partial charge in [-0.05, 0) is 30.2 Å². The van der Waals surface area contributed by atoms with Crippen LogP contribution in [0.15, 0.2) is 53.0 Å². The summed E-state index contributed by atoms with van der Waals surface area (Å²) in [7, 11) is 0. The van der Waals surface area contributed by atoms with E-state index in [0.29, 0.717) is 6.42 Å². The third kappa shape index (κ3) is 3.04. The number of benzene rings is 2. The third-order valence-electron chi connectivity index (χ3n) is 2.78. The summed E-state index contributed by atoms with van der Waals surface area (Å²) in [5, 5.41) is 0. The van der Waals surface area contributed by atoms with Crippen LogP contribution < -0.4 is 0 Å². The van der Waals surface area contributed by atoms with Gasteiger partial charge in [0.15, 0.2) is 5.78 Å². The number of hydrogen-bond acceptors (Lipinski definition) is 1. The van der Waals surface area contributed by atoms with E-state index in [0.717, 1.165) is 21.2 Å². The lowest BCUT2D eigenvalue weighted by Crippen LogP contribution is -2.04. The summed E-state index contributed by atoms with van der Waals surface area (Å²) in [6.07, 6.45) is 0.467. The maximum absolute atomic E-state index is 12.1. The third-order valence-corrected chi connectivity index (χ3v) is 3.31. The molecule has 0 saturated carbocycles. The van der Waals surface area contributed by atoms with Crippen LogP contribution in [0.4, 0.5) is 0 Å². The molecule has 0 spiro atoms. The molecule has 17 heavy (non-hydrogen) atoms. The molecule has 0 aliphatic heterocycles. The molecule has 0 heterocycles. The highest BCUT2D eigenvalue weighted by Crippen LogP contribution is 2.14. The Hall–Kier alpha value is -1.41. The van der Waals surface area contributed by atoms with Crippen molar-refractivity contribution in [3.63, 3.8) is 0 Å². The van der Waals surface area contributed by atoms with Gasteiger partial charge < -0.3 is 0 Å². The lowest BCUT2D eigenvalue weighted by Gasteiger charge is -2.05. The Balaban J connectivity index is 2.17. The first kappa shape index (κ1) is 12.1. The van der Waals surface area contributed by atoms with E-state index in [1.54, 1.807) is 0 Å². The van der Waals surface area contributed by atoms with Crippen LogP contribution in [0.3, 0.4) is 0 Å². The summed E-state index contributed by atoms with van der Waals surface area (Å²) in [5.41, 5.74) is 3.02. The molecule has 2 heteroatoms. The van der Waals surface area contributed by atoms with Crippen molar-refractivity contribution in [2.24, 2.45) is 0 Å². The minimum Gasteiger partial charge on any atom is -0.294 e. The van der Waals surface area contributed by atoms with Crippen molar-refractivity contribution in [2.75, 3.05) is 0 Å². The second-order valence-electron chi connectivity index (χ2n) is 4.03. The van der Waals surface area contributed by atoms with Crippen molar-refractivity contribution >= 4 is 21.7 Å². The van der Waals surface area contributed by atoms with Gasteiger partial charge >= 0.3 is 0 Å². The second-order valence-corrected chi connectivity index (χ2v) is 4.95. The van der Waals surface area contributed by atoms with Crippen molar-refractivity contribution in [2.45, 2.75) is 13.3 Å². The molecule has 1 nitrogen and oxygen atoms in total. The lowest BCUT2D eigenvalue weighted by molar-refractivity contribution is 0.0993. The molecule has 0 amide bonds. The van der Waals surface area contributed by atoms with Crippen LogP contribution in [0, 0.1) is 6.92 Å². The minimum atomic E-state index is 0.159. The van der Waals surface area contributed by atoms with E-state index in [2.05, 4.69) is 15.9 Å². The van der Waals surface area contributed by atoms with Gasteiger partial charge in [-0.2, -0.15) is 0 Å². The molecular weight excluding hydrogens is 276 g/mol. The summed E-state index contributed by atoms with van der Waals surface area (Å²) in [5.74, 6) is 0.159. The van der Waals surface area contributed by atoms with Crippen LogP contribution in [0.5, 0.6) is 0 Å². The van der Waals surface area contributed by atoms with Crippen LogP contribution >= 0.6 is 15.9 Å². The summed E-state index contributed by atoms with van der Waals surface area (Å²) in [4.78, 5) is 12.1. The Morgan fingerprint density at radius 1 is 1.06 bits per heavy atom. The number of aryl methyl sites for hydroxylation is 1. The van der Waals surface area contributed by atoms with E-state index in [4.69, 9.17) is 0 Å². The Bertz CT molecular complexity index is 529. The van der Waals surface area contributed by atoms with Gasteiger partial charge in [0, 0.05) is 16.5 Å². The van der Waals surface area contributed by atoms with Gasteiger partial charge in [-0.25, -0.2) is 0 Å². The van der Waals surface area contributed by atoms with E-state index in [1.807, 2.05) is 55.5 Å². The molecule has 2 aromatic rings. The molecule has 0 saturated heterocycles. The quantitative estimate of drug-likeness (QED) is 0.775. The number of carbonyl (C=O) groups is 1. The fraction of sp³-hybridized carbons (Fsp3) is 0.133. The topological polar surface area (TPSA) is 17.1 Å². The maximum atomic E-state index is 12.1. The summed E-state index contributed by atoms with van der Waals surface area (Å²) >= 11 is 3.36. The average molecular weight is 289 g/mol. The Morgan fingerprint density at radius 3 is 2.35 bits per heavy atom. The molecule has 0 atom stereocenters. The normalized spacial score (nSPS) is 10.2. The Labute approximate surface area is 110 Å². The molecule has 0 unspecified atom stereocenters. The smallest absolute Gasteiger partial charge is 0.167 e. The van der Waals surface area contributed by atoms with E-state index >= 15 is 0 Å². The average Bonchev–Trinajstić information content (AvgIpc) is 2.33. The van der Waals surface area contributed by atoms with Gasteiger partial charge in [0.25, 0.3) is 0 Å². The van der Waals surface area contributed by atoms with E-state index in [1.165, 1.54) is 0 Å². The SMILES string of the molecule is Cc1ccccc1CC(=O)c1ccc(Br)cc1. The molecule has 0 aliphatic rings. The van der Waals surface area contributed by atoms with Gasteiger partial charge in [0.2, 0.25) is 0 Å². The number of carbonyl (C=O) groups excluding carboxylic acids is 1. The molecule has 2 rings (SSSR count). The zero-order valence-electron chi connectivity index (χ0n) is 9.61. The summed E-state index contributed by atoms with van der Waals surface area (Å²) in [6.45, 7) is 2.03. The zero-order valence-corrected chi connectivity index (χ0v) is 11.2. The molecule has 2 aromatic carbocycles. The van der Waals surface area contributed by atoms with Crippen LogP contribution in [0.2, 0.25) is 0 Å². The number of halogens is 1. The molecule has 0 aromatic heterocycles. The zero-order chi connectivity index (χ0) is 12.3. The lowest BCUT2D eigenvalue weighted by atomic mass is 10.00. The largest absolute Gasteiger partial charge is 0.294 e. The highest BCUT2D eigenvalue weighted by molar-refractivity contribution is 9.10. The summed E-state index contributed by atoms with van der Waals surface area (Å²) in [6, 6.07) is 15.5. The van der Waals surface area contributed by atoms with Gasteiger partial charge in [-0.1, -0.05) is 52.3 Å². The Morgan fingerprint density at radius 2 is 1.71 bits per heavy atom. The van der Waals surface area contributed by atoms with Crippen molar-refractivity contribution in [3.8, 4) is 0 Å². The van der Waals surface area contributed by atoms with Crippen LogP contribution in [0.25, 0.3) is 0 Å². The first-order chi connectivity index (χ1) is 8.16. The monoisotopic (exact) mass is 288 g/mol.